The molecule has 0 radical (unpaired) electrons. The Kier molecular flexibility index (Phi) is 5.92. The number of benzene rings is 1. The van der Waals surface area contributed by atoms with Crippen LogP contribution in [0.3, 0.4) is 0 Å². The number of hydrogen-bond donors (Lipinski definition) is 3. The van der Waals surface area contributed by atoms with Gasteiger partial charge in [0.15, 0.2) is 23.2 Å². The van der Waals surface area contributed by atoms with E-state index in [0.717, 1.165) is 0 Å². The molecule has 2 aromatic heterocycles. The number of fused-ring (bicyclic) bond motifs is 1. The molecular formula is C18H19IN5O5PS. The highest BCUT2D eigenvalue weighted by Crippen LogP contribution is 2.41. The summed E-state index contributed by atoms with van der Waals surface area (Å²) in [5, 5.41) is 18.6. The van der Waals surface area contributed by atoms with Gasteiger partial charge in [0.2, 0.25) is 1.43 Å². The number of halogens is 1. The van der Waals surface area contributed by atoms with Crippen LogP contribution in [-0.2, 0) is 21.1 Å². The van der Waals surface area contributed by atoms with Crippen molar-refractivity contribution in [2.75, 3.05) is 11.9 Å². The second-order valence-corrected chi connectivity index (χ2v) is 13.3. The molecule has 1 aliphatic heterocycles. The van der Waals surface area contributed by atoms with E-state index in [-0.39, 0.29) is 23.8 Å². The second kappa shape index (κ2) is 9.14. The van der Waals surface area contributed by atoms with Crippen LogP contribution in [0.2, 0.25) is 0 Å². The van der Waals surface area contributed by atoms with Crippen LogP contribution >= 0.6 is 26.6 Å². The molecule has 0 spiro atoms. The Morgan fingerprint density at radius 3 is 3.00 bits per heavy atom. The van der Waals surface area contributed by atoms with Gasteiger partial charge in [-0.2, -0.15) is 0 Å². The SMILES string of the molecule is [2H]P(=S)(I)OC[C@H]1O[C@@H](n2cnc3c(NC(=O)c4ccccc4)ncnc32)[C@@](C)(O)C1O[3H]. The van der Waals surface area contributed by atoms with Crippen molar-refractivity contribution >= 4 is 61.2 Å². The summed E-state index contributed by atoms with van der Waals surface area (Å²) >= 11 is 6.71. The van der Waals surface area contributed by atoms with Gasteiger partial charge >= 0.3 is 0 Å². The van der Waals surface area contributed by atoms with E-state index in [2.05, 4.69) is 20.3 Å². The number of aliphatic hydroxyl groups is 2. The van der Waals surface area contributed by atoms with Crippen molar-refractivity contribution in [3.63, 3.8) is 0 Å². The quantitative estimate of drug-likeness (QED) is 0.285. The molecule has 2 unspecified atom stereocenters. The van der Waals surface area contributed by atoms with E-state index in [1.54, 1.807) is 46.3 Å². The van der Waals surface area contributed by atoms with E-state index < -0.39 is 28.5 Å². The van der Waals surface area contributed by atoms with E-state index in [1.165, 1.54) is 24.1 Å². The van der Waals surface area contributed by atoms with Gasteiger partial charge < -0.3 is 24.8 Å². The molecule has 1 aromatic carbocycles. The van der Waals surface area contributed by atoms with Crippen LogP contribution in [0.1, 0.15) is 23.5 Å². The zero-order valence-corrected chi connectivity index (χ0v) is 20.0. The molecule has 31 heavy (non-hydrogen) atoms. The summed E-state index contributed by atoms with van der Waals surface area (Å²) in [6.07, 6.45) is -0.334. The smallest absolute Gasteiger partial charge is 0.256 e. The van der Waals surface area contributed by atoms with Crippen LogP contribution in [0, 0.1) is 0 Å². The zero-order chi connectivity index (χ0) is 23.8. The summed E-state index contributed by atoms with van der Waals surface area (Å²) in [7, 11) is 0. The summed E-state index contributed by atoms with van der Waals surface area (Å²) in [5.41, 5.74) is -0.631. The average Bonchev–Trinajstić information content (AvgIpc) is 3.30. The van der Waals surface area contributed by atoms with Crippen LogP contribution in [-0.4, -0.2) is 62.8 Å². The number of ether oxygens (including phenoxy) is 1. The largest absolute Gasteiger partial charge is 0.387 e. The number of carbonyl (C=O) groups is 1. The second-order valence-electron chi connectivity index (χ2n) is 7.05. The molecular weight excluding hydrogens is 556 g/mol. The predicted octanol–water partition coefficient (Wildman–Crippen LogP) is 2.05. The molecule has 1 saturated heterocycles. The molecule has 0 bridgehead atoms. The first-order chi connectivity index (χ1) is 15.6. The van der Waals surface area contributed by atoms with Gasteiger partial charge in [-0.3, -0.25) is 9.36 Å². The molecule has 1 fully saturated rings. The highest BCUT2D eigenvalue weighted by Gasteiger charge is 2.53. The number of amides is 1. The van der Waals surface area contributed by atoms with Crippen molar-refractivity contribution in [2.24, 2.45) is 0 Å². The maximum atomic E-state index is 12.6. The van der Waals surface area contributed by atoms with Crippen molar-refractivity contribution in [2.45, 2.75) is 31.0 Å². The first-order valence-corrected chi connectivity index (χ1v) is 14.2. The van der Waals surface area contributed by atoms with Crippen LogP contribution in [0.5, 0.6) is 0 Å². The monoisotopic (exact) mass is 578 g/mol. The fourth-order valence-corrected chi connectivity index (χ4v) is 4.31. The number of nitrogens with one attached hydrogen (secondary N) is 1. The minimum absolute atomic E-state index is 0.125. The van der Waals surface area contributed by atoms with Crippen LogP contribution in [0.4, 0.5) is 5.82 Å². The molecule has 0 saturated carbocycles. The van der Waals surface area contributed by atoms with E-state index >= 15 is 0 Å². The summed E-state index contributed by atoms with van der Waals surface area (Å²) in [5.74, 6) is -0.169. The van der Waals surface area contributed by atoms with E-state index in [9.17, 15) is 9.90 Å². The van der Waals surface area contributed by atoms with Crippen molar-refractivity contribution in [1.29, 1.82) is 2.71 Å². The normalized spacial score (nSPS) is 28.7. The zero-order valence-electron chi connectivity index (χ0n) is 18.1. The number of carbonyl (C=O) groups excluding carboxylic acids is 1. The van der Waals surface area contributed by atoms with Crippen molar-refractivity contribution < 1.29 is 24.3 Å². The highest BCUT2D eigenvalue weighted by atomic mass is 127. The molecule has 3 N–H and O–H groups in total. The third kappa shape index (κ3) is 4.51. The summed E-state index contributed by atoms with van der Waals surface area (Å²) in [6.45, 7) is 1.34. The van der Waals surface area contributed by atoms with Gasteiger partial charge in [0.25, 0.3) is 5.91 Å². The first-order valence-electron chi connectivity index (χ1n) is 9.98. The van der Waals surface area contributed by atoms with Gasteiger partial charge in [0, 0.05) is 5.56 Å². The third-order valence-electron chi connectivity index (χ3n) is 4.94. The molecule has 3 aromatic rings. The number of rotatable bonds is 7. The Morgan fingerprint density at radius 1 is 1.52 bits per heavy atom. The topological polar surface area (TPSA) is 132 Å². The Morgan fingerprint density at radius 2 is 2.29 bits per heavy atom. The summed E-state index contributed by atoms with van der Waals surface area (Å²) < 4.78 is 25.3. The molecule has 5 atom stereocenters. The average molecular weight is 578 g/mol. The van der Waals surface area contributed by atoms with Gasteiger partial charge in [0.05, 0.1) is 12.9 Å². The van der Waals surface area contributed by atoms with Crippen LogP contribution in [0.25, 0.3) is 11.2 Å². The van der Waals surface area contributed by atoms with Crippen LogP contribution < -0.4 is 5.32 Å². The van der Waals surface area contributed by atoms with Crippen molar-refractivity contribution in [1.82, 2.24) is 19.5 Å². The fraction of sp³-hybridized carbons (Fsp3) is 0.333. The number of aliphatic hydroxyl groups excluding tert-OH is 1. The molecule has 4 rings (SSSR count). The number of anilines is 1. The molecule has 1 amide bonds. The number of hydrogen-bond acceptors (Lipinski definition) is 9. The molecule has 13 heteroatoms. The lowest BCUT2D eigenvalue weighted by Gasteiger charge is -2.27. The number of imidazole rings is 1. The Bertz CT molecular complexity index is 1210. The van der Waals surface area contributed by atoms with Crippen molar-refractivity contribution in [3.8, 4) is 0 Å². The third-order valence-corrected chi connectivity index (χ3v) is 6.44. The van der Waals surface area contributed by atoms with E-state index in [1.807, 2.05) is 6.07 Å². The van der Waals surface area contributed by atoms with Crippen molar-refractivity contribution in [3.05, 3.63) is 48.5 Å². The van der Waals surface area contributed by atoms with E-state index in [0.29, 0.717) is 11.2 Å². The first kappa shape index (κ1) is 20.1. The lowest BCUT2D eigenvalue weighted by atomic mass is 9.96. The maximum Gasteiger partial charge on any atom is 0.256 e. The lowest BCUT2D eigenvalue weighted by molar-refractivity contribution is -0.0946. The Labute approximate surface area is 198 Å². The maximum absolute atomic E-state index is 12.6. The standard InChI is InChI=1S/C18H19IN5O5PS/c1-18(27)13(25)11(7-28-30(19)31)29-17(18)24-9-22-12-14(20-8-21-15(12)24)23-16(26)10-5-3-2-4-6-10/h2-6,8-9,11,13,17,25,27,30H,7H2,1H3,(H,20,21,23,26)/t11-,13?,17-,18+/m1/s1/i25T,30D. The molecule has 0 aliphatic carbocycles. The Balaban J connectivity index is 1.64. The summed E-state index contributed by atoms with van der Waals surface area (Å²) in [6, 6.07) is 8.65. The van der Waals surface area contributed by atoms with Gasteiger partial charge in [0.1, 0.15) is 29.9 Å². The van der Waals surface area contributed by atoms with Gasteiger partial charge in [-0.25, -0.2) is 15.0 Å². The molecule has 1 aliphatic rings. The highest BCUT2D eigenvalue weighted by molar-refractivity contribution is 14.2. The van der Waals surface area contributed by atoms with Crippen LogP contribution in [0.15, 0.2) is 43.0 Å². The van der Waals surface area contributed by atoms with Gasteiger partial charge in [-0.05, 0) is 41.1 Å². The fourth-order valence-electron chi connectivity index (χ4n) is 3.38. The summed E-state index contributed by atoms with van der Waals surface area (Å²) in [4.78, 5) is 25.2. The number of nitrogens with zero attached hydrogens (tertiary/aromatic N) is 4. The number of aromatic nitrogens is 4. The lowest BCUT2D eigenvalue weighted by Crippen LogP contribution is -2.44. The minimum atomic E-state index is -2.77. The van der Waals surface area contributed by atoms with Gasteiger partial charge in [-0.15, -0.1) is 0 Å². The van der Waals surface area contributed by atoms with E-state index in [4.69, 9.17) is 28.9 Å². The molecule has 10 nitrogen and oxygen atoms in total. The molecule has 3 heterocycles. The van der Waals surface area contributed by atoms with Gasteiger partial charge in [-0.1, -0.05) is 30.0 Å². The Hall–Kier alpha value is -1.54. The predicted molar refractivity (Wildman–Crippen MR) is 126 cm³/mol. The molecule has 164 valence electrons. The minimum Gasteiger partial charge on any atom is -0.387 e.